The number of rotatable bonds is 8. The molecule has 0 aromatic heterocycles. The summed E-state index contributed by atoms with van der Waals surface area (Å²) in [6.07, 6.45) is 2.48. The van der Waals surface area contributed by atoms with Crippen molar-refractivity contribution in [1.82, 2.24) is 5.32 Å². The Labute approximate surface area is 103 Å². The van der Waals surface area contributed by atoms with E-state index in [0.717, 1.165) is 19.4 Å². The van der Waals surface area contributed by atoms with Gasteiger partial charge in [0, 0.05) is 19.5 Å². The molecule has 0 saturated carbocycles. The predicted molar refractivity (Wildman–Crippen MR) is 68.6 cm³/mol. The summed E-state index contributed by atoms with van der Waals surface area (Å²) in [6.45, 7) is 4.03. The molecule has 0 radical (unpaired) electrons. The Morgan fingerprint density at radius 1 is 1.29 bits per heavy atom. The van der Waals surface area contributed by atoms with Gasteiger partial charge >= 0.3 is 5.97 Å². The van der Waals surface area contributed by atoms with Gasteiger partial charge in [-0.05, 0) is 12.0 Å². The summed E-state index contributed by atoms with van der Waals surface area (Å²) in [6, 6.07) is 10.2. The normalized spacial score (nSPS) is 10.2. The van der Waals surface area contributed by atoms with Crippen LogP contribution in [0.15, 0.2) is 30.3 Å². The highest BCUT2D eigenvalue weighted by Crippen LogP contribution is 1.97. The molecule has 0 saturated heterocycles. The topological polar surface area (TPSA) is 38.3 Å². The number of esters is 1. The van der Waals surface area contributed by atoms with E-state index in [-0.39, 0.29) is 5.97 Å². The van der Waals surface area contributed by atoms with Gasteiger partial charge in [-0.15, -0.1) is 0 Å². The number of unbranched alkanes of at least 4 members (excludes halogenated alkanes) is 1. The average Bonchev–Trinajstić information content (AvgIpc) is 2.37. The third-order valence-corrected chi connectivity index (χ3v) is 2.45. The summed E-state index contributed by atoms with van der Waals surface area (Å²) in [4.78, 5) is 11.2. The Morgan fingerprint density at radius 3 is 2.76 bits per heavy atom. The summed E-state index contributed by atoms with van der Waals surface area (Å²) in [5, 5.41) is 3.24. The summed E-state index contributed by atoms with van der Waals surface area (Å²) in [5.41, 5.74) is 1.24. The van der Waals surface area contributed by atoms with Crippen molar-refractivity contribution in [1.29, 1.82) is 0 Å². The lowest BCUT2D eigenvalue weighted by Crippen LogP contribution is -2.20. The highest BCUT2D eigenvalue weighted by Gasteiger charge is 2.00. The number of hydrogen-bond acceptors (Lipinski definition) is 3. The van der Waals surface area contributed by atoms with Gasteiger partial charge in [0.25, 0.3) is 0 Å². The Morgan fingerprint density at radius 2 is 2.06 bits per heavy atom. The summed E-state index contributed by atoms with van der Waals surface area (Å²) in [5.74, 6) is -0.0895. The molecule has 0 unspecified atom stereocenters. The van der Waals surface area contributed by atoms with Crippen LogP contribution in [-0.2, 0) is 16.1 Å². The molecular formula is C14H21NO2. The molecule has 0 aliphatic carbocycles. The minimum Gasteiger partial charge on any atom is -0.464 e. The first-order chi connectivity index (χ1) is 8.33. The van der Waals surface area contributed by atoms with E-state index in [1.165, 1.54) is 5.56 Å². The molecule has 0 aliphatic heterocycles. The van der Waals surface area contributed by atoms with Crippen LogP contribution in [-0.4, -0.2) is 19.1 Å². The van der Waals surface area contributed by atoms with E-state index >= 15 is 0 Å². The second-order valence-electron chi connectivity index (χ2n) is 3.99. The van der Waals surface area contributed by atoms with E-state index in [1.807, 2.05) is 18.2 Å². The lowest BCUT2D eigenvalue weighted by molar-refractivity contribution is -0.143. The molecule has 1 rings (SSSR count). The Hall–Kier alpha value is -1.35. The van der Waals surface area contributed by atoms with E-state index in [0.29, 0.717) is 19.6 Å². The van der Waals surface area contributed by atoms with Crippen LogP contribution in [0.1, 0.15) is 31.7 Å². The van der Waals surface area contributed by atoms with Crippen LogP contribution in [0.25, 0.3) is 0 Å². The third kappa shape index (κ3) is 6.74. The third-order valence-electron chi connectivity index (χ3n) is 2.45. The quantitative estimate of drug-likeness (QED) is 0.556. The molecule has 3 nitrogen and oxygen atoms in total. The zero-order valence-corrected chi connectivity index (χ0v) is 10.4. The van der Waals surface area contributed by atoms with E-state index in [2.05, 4.69) is 24.4 Å². The maximum atomic E-state index is 11.2. The van der Waals surface area contributed by atoms with Crippen molar-refractivity contribution in [3.63, 3.8) is 0 Å². The molecule has 1 N–H and O–H groups in total. The largest absolute Gasteiger partial charge is 0.464 e. The van der Waals surface area contributed by atoms with Gasteiger partial charge in [-0.1, -0.05) is 43.7 Å². The molecule has 0 bridgehead atoms. The van der Waals surface area contributed by atoms with Crippen molar-refractivity contribution in [3.8, 4) is 0 Å². The fourth-order valence-electron chi connectivity index (χ4n) is 1.46. The second-order valence-corrected chi connectivity index (χ2v) is 3.99. The molecule has 0 heterocycles. The maximum absolute atomic E-state index is 11.2. The summed E-state index contributed by atoms with van der Waals surface area (Å²) < 4.78 is 5.08. The van der Waals surface area contributed by atoms with Gasteiger partial charge in [-0.25, -0.2) is 0 Å². The first-order valence-corrected chi connectivity index (χ1v) is 6.23. The van der Waals surface area contributed by atoms with Crippen LogP contribution in [0.5, 0.6) is 0 Å². The lowest BCUT2D eigenvalue weighted by atomic mass is 10.2. The first-order valence-electron chi connectivity index (χ1n) is 6.23. The molecule has 1 aromatic rings. The first kappa shape index (κ1) is 13.7. The standard InChI is InChI=1S/C14H21NO2/c1-2-3-9-14(16)17-11-10-15-12-13-7-5-4-6-8-13/h4-8,15H,2-3,9-12H2,1H3. The molecule has 17 heavy (non-hydrogen) atoms. The number of benzene rings is 1. The van der Waals surface area contributed by atoms with Crippen LogP contribution in [0.4, 0.5) is 0 Å². The van der Waals surface area contributed by atoms with E-state index in [9.17, 15) is 4.79 Å². The summed E-state index contributed by atoms with van der Waals surface area (Å²) in [7, 11) is 0. The highest BCUT2D eigenvalue weighted by molar-refractivity contribution is 5.69. The van der Waals surface area contributed by atoms with Crippen LogP contribution in [0, 0.1) is 0 Å². The van der Waals surface area contributed by atoms with Crippen LogP contribution in [0.2, 0.25) is 0 Å². The molecule has 1 aromatic carbocycles. The van der Waals surface area contributed by atoms with E-state index < -0.39 is 0 Å². The number of hydrogen-bond donors (Lipinski definition) is 1. The maximum Gasteiger partial charge on any atom is 0.305 e. The monoisotopic (exact) mass is 235 g/mol. The second kappa shape index (κ2) is 8.76. The van der Waals surface area contributed by atoms with Crippen molar-refractivity contribution in [3.05, 3.63) is 35.9 Å². The van der Waals surface area contributed by atoms with Crippen LogP contribution >= 0.6 is 0 Å². The molecular weight excluding hydrogens is 214 g/mol. The van der Waals surface area contributed by atoms with Crippen LogP contribution < -0.4 is 5.32 Å². The minimum atomic E-state index is -0.0895. The molecule has 0 spiro atoms. The van der Waals surface area contributed by atoms with Gasteiger partial charge in [-0.3, -0.25) is 4.79 Å². The van der Waals surface area contributed by atoms with Gasteiger partial charge in [0.1, 0.15) is 6.61 Å². The fourth-order valence-corrected chi connectivity index (χ4v) is 1.46. The van der Waals surface area contributed by atoms with Gasteiger partial charge in [0.2, 0.25) is 0 Å². The predicted octanol–water partition coefficient (Wildman–Crippen LogP) is 2.51. The van der Waals surface area contributed by atoms with Crippen molar-refractivity contribution in [2.75, 3.05) is 13.2 Å². The number of ether oxygens (including phenoxy) is 1. The SMILES string of the molecule is CCCCC(=O)OCCNCc1ccccc1. The Balaban J connectivity index is 1.99. The molecule has 0 aliphatic rings. The van der Waals surface area contributed by atoms with E-state index in [1.54, 1.807) is 0 Å². The van der Waals surface area contributed by atoms with Gasteiger partial charge in [-0.2, -0.15) is 0 Å². The van der Waals surface area contributed by atoms with Gasteiger partial charge in [0.15, 0.2) is 0 Å². The van der Waals surface area contributed by atoms with Crippen molar-refractivity contribution < 1.29 is 9.53 Å². The zero-order chi connectivity index (χ0) is 12.3. The lowest BCUT2D eigenvalue weighted by Gasteiger charge is -2.06. The molecule has 0 fully saturated rings. The molecule has 0 amide bonds. The molecule has 94 valence electrons. The average molecular weight is 235 g/mol. The number of carbonyl (C=O) groups excluding carboxylic acids is 1. The van der Waals surface area contributed by atoms with E-state index in [4.69, 9.17) is 4.74 Å². The zero-order valence-electron chi connectivity index (χ0n) is 10.4. The van der Waals surface area contributed by atoms with Gasteiger partial charge < -0.3 is 10.1 Å². The van der Waals surface area contributed by atoms with Gasteiger partial charge in [0.05, 0.1) is 0 Å². The van der Waals surface area contributed by atoms with Crippen LogP contribution in [0.3, 0.4) is 0 Å². The minimum absolute atomic E-state index is 0.0895. The fraction of sp³-hybridized carbons (Fsp3) is 0.500. The van der Waals surface area contributed by atoms with Crippen molar-refractivity contribution >= 4 is 5.97 Å². The number of nitrogens with one attached hydrogen (secondary N) is 1. The van der Waals surface area contributed by atoms with Crippen molar-refractivity contribution in [2.24, 2.45) is 0 Å². The smallest absolute Gasteiger partial charge is 0.305 e. The molecule has 3 heteroatoms. The molecule has 0 atom stereocenters. The van der Waals surface area contributed by atoms with Crippen molar-refractivity contribution in [2.45, 2.75) is 32.7 Å². The Bertz CT molecular complexity index is 311. The highest BCUT2D eigenvalue weighted by atomic mass is 16.5. The number of carbonyl (C=O) groups is 1. The summed E-state index contributed by atoms with van der Waals surface area (Å²) >= 11 is 0. The Kier molecular flexibility index (Phi) is 7.07.